The van der Waals surface area contributed by atoms with Crippen LogP contribution in [0, 0.1) is 11.8 Å². The van der Waals surface area contributed by atoms with Crippen LogP contribution >= 0.6 is 35.3 Å². The number of nitrogens with one attached hydrogen (secondary N) is 3. The molecule has 1 aromatic heterocycles. The zero-order chi connectivity index (χ0) is 18.6. The highest BCUT2D eigenvalue weighted by molar-refractivity contribution is 14.0. The quantitative estimate of drug-likeness (QED) is 0.207. The summed E-state index contributed by atoms with van der Waals surface area (Å²) in [5.41, 5.74) is 0. The highest BCUT2D eigenvalue weighted by Gasteiger charge is 2.20. The van der Waals surface area contributed by atoms with Crippen LogP contribution in [0.2, 0.25) is 0 Å². The molecule has 1 aliphatic rings. The molecular weight excluding hydrogens is 471 g/mol. The molecule has 27 heavy (non-hydrogen) atoms. The summed E-state index contributed by atoms with van der Waals surface area (Å²) in [6.45, 7) is 7.27. The summed E-state index contributed by atoms with van der Waals surface area (Å²) in [5.74, 6) is 1.79. The van der Waals surface area contributed by atoms with Crippen molar-refractivity contribution >= 4 is 47.2 Å². The molecule has 1 aliphatic carbocycles. The second-order valence-electron chi connectivity index (χ2n) is 7.16. The molecule has 1 fully saturated rings. The number of nitrogens with zero attached hydrogens (tertiary/aromatic N) is 1. The average Bonchev–Trinajstić information content (AvgIpc) is 3.16. The number of rotatable bonds is 9. The average molecular weight is 506 g/mol. The Hall–Kier alpha value is -0.830. The fourth-order valence-electron chi connectivity index (χ4n) is 3.30. The molecule has 1 unspecified atom stereocenters. The van der Waals surface area contributed by atoms with Gasteiger partial charge in [0, 0.05) is 37.0 Å². The van der Waals surface area contributed by atoms with E-state index in [1.165, 1.54) is 24.1 Å². The van der Waals surface area contributed by atoms with E-state index in [1.807, 2.05) is 11.3 Å². The number of guanidine groups is 1. The molecule has 0 spiro atoms. The number of thiophene rings is 1. The van der Waals surface area contributed by atoms with Crippen LogP contribution in [0.4, 0.5) is 0 Å². The van der Waals surface area contributed by atoms with Gasteiger partial charge in [0.05, 0.1) is 0 Å². The van der Waals surface area contributed by atoms with Gasteiger partial charge in [0.2, 0.25) is 5.91 Å². The molecule has 0 aromatic carbocycles. The first-order chi connectivity index (χ1) is 12.7. The monoisotopic (exact) mass is 506 g/mol. The molecule has 1 atom stereocenters. The summed E-state index contributed by atoms with van der Waals surface area (Å²) < 4.78 is 0. The first-order valence-electron chi connectivity index (χ1n) is 10.0. The van der Waals surface area contributed by atoms with E-state index < -0.39 is 0 Å². The summed E-state index contributed by atoms with van der Waals surface area (Å²) in [5, 5.41) is 11.8. The Morgan fingerprint density at radius 1 is 1.22 bits per heavy atom. The van der Waals surface area contributed by atoms with Crippen molar-refractivity contribution in [1.29, 1.82) is 0 Å². The molecule has 0 aliphatic heterocycles. The van der Waals surface area contributed by atoms with Crippen LogP contribution in [-0.4, -0.2) is 38.0 Å². The van der Waals surface area contributed by atoms with E-state index in [0.717, 1.165) is 38.3 Å². The Kier molecular flexibility index (Phi) is 12.7. The lowest BCUT2D eigenvalue weighted by Gasteiger charge is -2.21. The zero-order valence-corrected chi connectivity index (χ0v) is 19.8. The van der Waals surface area contributed by atoms with Gasteiger partial charge < -0.3 is 16.0 Å². The molecular formula is C20H35IN4OS. The number of carbonyl (C=O) groups excluding carboxylic acids is 1. The number of hydrogen-bond donors (Lipinski definition) is 3. The Labute approximate surface area is 185 Å². The minimum absolute atomic E-state index is 0. The van der Waals surface area contributed by atoms with Crippen molar-refractivity contribution in [3.05, 3.63) is 22.4 Å². The summed E-state index contributed by atoms with van der Waals surface area (Å²) in [4.78, 5) is 18.3. The lowest BCUT2D eigenvalue weighted by Crippen LogP contribution is -2.42. The van der Waals surface area contributed by atoms with Crippen LogP contribution in [0.25, 0.3) is 0 Å². The van der Waals surface area contributed by atoms with E-state index in [-0.39, 0.29) is 35.8 Å². The van der Waals surface area contributed by atoms with Crippen LogP contribution in [0.3, 0.4) is 0 Å². The van der Waals surface area contributed by atoms with Crippen molar-refractivity contribution in [2.75, 3.05) is 26.2 Å². The predicted molar refractivity (Wildman–Crippen MR) is 126 cm³/mol. The molecule has 154 valence electrons. The van der Waals surface area contributed by atoms with E-state index in [1.54, 1.807) is 0 Å². The van der Waals surface area contributed by atoms with Gasteiger partial charge in [-0.15, -0.1) is 35.3 Å². The second-order valence-corrected chi connectivity index (χ2v) is 8.19. The van der Waals surface area contributed by atoms with Crippen LogP contribution < -0.4 is 16.0 Å². The normalized spacial score (nSPS) is 16.3. The highest BCUT2D eigenvalue weighted by atomic mass is 127. The molecule has 0 bridgehead atoms. The minimum atomic E-state index is 0. The highest BCUT2D eigenvalue weighted by Crippen LogP contribution is 2.23. The SMILES string of the molecule is CCNC(=NCC(C)Cc1cccs1)NCCNC(=O)C1CCCCC1.I. The Morgan fingerprint density at radius 2 is 1.96 bits per heavy atom. The third-order valence-corrected chi connectivity index (χ3v) is 5.63. The van der Waals surface area contributed by atoms with Gasteiger partial charge in [-0.2, -0.15) is 0 Å². The van der Waals surface area contributed by atoms with Gasteiger partial charge in [0.25, 0.3) is 0 Å². The molecule has 7 heteroatoms. The molecule has 0 radical (unpaired) electrons. The lowest BCUT2D eigenvalue weighted by molar-refractivity contribution is -0.125. The zero-order valence-electron chi connectivity index (χ0n) is 16.6. The Balaban J connectivity index is 0.00000364. The molecule has 1 saturated carbocycles. The van der Waals surface area contributed by atoms with Crippen molar-refractivity contribution in [2.24, 2.45) is 16.8 Å². The lowest BCUT2D eigenvalue weighted by atomic mass is 9.89. The van der Waals surface area contributed by atoms with Gasteiger partial charge in [-0.05, 0) is 43.6 Å². The maximum atomic E-state index is 12.2. The maximum Gasteiger partial charge on any atom is 0.223 e. The summed E-state index contributed by atoms with van der Waals surface area (Å²) >= 11 is 1.81. The minimum Gasteiger partial charge on any atom is -0.357 e. The van der Waals surface area contributed by atoms with E-state index in [2.05, 4.69) is 52.3 Å². The summed E-state index contributed by atoms with van der Waals surface area (Å²) in [7, 11) is 0. The van der Waals surface area contributed by atoms with Gasteiger partial charge in [-0.1, -0.05) is 32.3 Å². The van der Waals surface area contributed by atoms with Crippen molar-refractivity contribution in [2.45, 2.75) is 52.4 Å². The number of aliphatic imine (C=N–C) groups is 1. The van der Waals surface area contributed by atoms with Crippen molar-refractivity contribution in [3.63, 3.8) is 0 Å². The van der Waals surface area contributed by atoms with E-state index >= 15 is 0 Å². The standard InChI is InChI=1S/C20H34N4OS.HI/c1-3-21-20(24-15-16(2)14-18-10-7-13-26-18)23-12-11-22-19(25)17-8-5-4-6-9-17;/h7,10,13,16-17H,3-6,8-9,11-12,14-15H2,1-2H3,(H,22,25)(H2,21,23,24);1H. The van der Waals surface area contributed by atoms with Crippen molar-refractivity contribution in [1.82, 2.24) is 16.0 Å². The maximum absolute atomic E-state index is 12.2. The number of halogens is 1. The van der Waals surface area contributed by atoms with Crippen LogP contribution in [0.15, 0.2) is 22.5 Å². The largest absolute Gasteiger partial charge is 0.357 e. The topological polar surface area (TPSA) is 65.5 Å². The fourth-order valence-corrected chi connectivity index (χ4v) is 4.17. The van der Waals surface area contributed by atoms with E-state index in [9.17, 15) is 4.79 Å². The van der Waals surface area contributed by atoms with E-state index in [0.29, 0.717) is 19.0 Å². The van der Waals surface area contributed by atoms with Gasteiger partial charge >= 0.3 is 0 Å². The van der Waals surface area contributed by atoms with Crippen LogP contribution in [-0.2, 0) is 11.2 Å². The molecule has 0 saturated heterocycles. The number of amides is 1. The van der Waals surface area contributed by atoms with Crippen molar-refractivity contribution < 1.29 is 4.79 Å². The molecule has 1 aromatic rings. The van der Waals surface area contributed by atoms with Gasteiger partial charge in [-0.25, -0.2) is 0 Å². The Morgan fingerprint density at radius 3 is 2.63 bits per heavy atom. The van der Waals surface area contributed by atoms with Gasteiger partial charge in [0.1, 0.15) is 0 Å². The van der Waals surface area contributed by atoms with Gasteiger partial charge in [-0.3, -0.25) is 9.79 Å². The molecule has 5 nitrogen and oxygen atoms in total. The van der Waals surface area contributed by atoms with E-state index in [4.69, 9.17) is 0 Å². The molecule has 2 rings (SSSR count). The number of carbonyl (C=O) groups is 1. The summed E-state index contributed by atoms with van der Waals surface area (Å²) in [6.07, 6.45) is 6.82. The third kappa shape index (κ3) is 9.78. The summed E-state index contributed by atoms with van der Waals surface area (Å²) in [6, 6.07) is 4.28. The Bertz CT molecular complexity index is 544. The fraction of sp³-hybridized carbons (Fsp3) is 0.700. The smallest absolute Gasteiger partial charge is 0.223 e. The first-order valence-corrected chi connectivity index (χ1v) is 10.9. The first kappa shape index (κ1) is 24.2. The van der Waals surface area contributed by atoms with Gasteiger partial charge in [0.15, 0.2) is 5.96 Å². The molecule has 1 heterocycles. The predicted octanol–water partition coefficient (Wildman–Crippen LogP) is 3.80. The third-order valence-electron chi connectivity index (χ3n) is 4.73. The van der Waals surface area contributed by atoms with Crippen molar-refractivity contribution in [3.8, 4) is 0 Å². The molecule has 1 amide bonds. The number of hydrogen-bond acceptors (Lipinski definition) is 3. The second kappa shape index (κ2) is 14.2. The van der Waals surface area contributed by atoms with Crippen LogP contribution in [0.5, 0.6) is 0 Å². The van der Waals surface area contributed by atoms with Crippen LogP contribution in [0.1, 0.15) is 50.8 Å². The molecule has 3 N–H and O–H groups in total.